The second-order valence-corrected chi connectivity index (χ2v) is 5.98. The van der Waals surface area contributed by atoms with Crippen molar-refractivity contribution in [2.24, 2.45) is 5.92 Å². The number of nitrogens with zero attached hydrogens (tertiary/aromatic N) is 3. The Labute approximate surface area is 129 Å². The minimum Gasteiger partial charge on any atom is -0.345 e. The van der Waals surface area contributed by atoms with Crippen LogP contribution in [-0.4, -0.2) is 34.0 Å². The van der Waals surface area contributed by atoms with Crippen LogP contribution in [0.5, 0.6) is 0 Å². The van der Waals surface area contributed by atoms with Crippen LogP contribution in [0.15, 0.2) is 36.7 Å². The minimum absolute atomic E-state index is 0.0273. The van der Waals surface area contributed by atoms with Gasteiger partial charge in [-0.25, -0.2) is 9.37 Å². The molecule has 0 radical (unpaired) electrons. The van der Waals surface area contributed by atoms with Crippen LogP contribution in [0, 0.1) is 11.7 Å². The summed E-state index contributed by atoms with van der Waals surface area (Å²) in [6.07, 6.45) is 6.04. The third-order valence-corrected chi connectivity index (χ3v) is 4.25. The van der Waals surface area contributed by atoms with E-state index in [4.69, 9.17) is 0 Å². The number of halogens is 1. The Bertz CT molecular complexity index is 667. The van der Waals surface area contributed by atoms with Crippen LogP contribution in [0.4, 0.5) is 4.39 Å². The van der Waals surface area contributed by atoms with Gasteiger partial charge >= 0.3 is 0 Å². The van der Waals surface area contributed by atoms with Crippen LogP contribution < -0.4 is 0 Å². The summed E-state index contributed by atoms with van der Waals surface area (Å²) in [7, 11) is 1.82. The van der Waals surface area contributed by atoms with Crippen molar-refractivity contribution in [3.8, 4) is 0 Å². The summed E-state index contributed by atoms with van der Waals surface area (Å²) >= 11 is 0. The molecule has 1 aromatic carbocycles. The van der Waals surface area contributed by atoms with Crippen molar-refractivity contribution in [3.05, 3.63) is 53.9 Å². The second kappa shape index (κ2) is 6.30. The maximum atomic E-state index is 13.2. The van der Waals surface area contributed by atoms with Crippen molar-refractivity contribution in [1.82, 2.24) is 14.5 Å². The molecular weight excluding hydrogens is 281 g/mol. The molecule has 0 bridgehead atoms. The fourth-order valence-corrected chi connectivity index (χ4v) is 3.02. The van der Waals surface area contributed by atoms with E-state index in [1.54, 1.807) is 17.0 Å². The Kier molecular flexibility index (Phi) is 4.22. The van der Waals surface area contributed by atoms with Crippen LogP contribution in [0.2, 0.25) is 0 Å². The first-order valence-electron chi connectivity index (χ1n) is 7.60. The third kappa shape index (κ3) is 3.35. The van der Waals surface area contributed by atoms with Crippen molar-refractivity contribution in [3.63, 3.8) is 0 Å². The first-order valence-corrected chi connectivity index (χ1v) is 7.60. The number of imidazole rings is 1. The number of carbonyl (C=O) groups excluding carboxylic acids is 1. The predicted molar refractivity (Wildman–Crippen MR) is 81.8 cm³/mol. The molecule has 0 aliphatic carbocycles. The van der Waals surface area contributed by atoms with Gasteiger partial charge in [0.1, 0.15) is 11.6 Å². The number of carbonyl (C=O) groups is 1. The molecule has 4 nitrogen and oxygen atoms in total. The van der Waals surface area contributed by atoms with Crippen molar-refractivity contribution in [2.75, 3.05) is 13.6 Å². The highest BCUT2D eigenvalue weighted by Crippen LogP contribution is 2.20. The predicted octanol–water partition coefficient (Wildman–Crippen LogP) is 2.29. The molecule has 1 aliphatic heterocycles. The number of hydrogen-bond acceptors (Lipinski definition) is 2. The molecule has 0 fully saturated rings. The Morgan fingerprint density at radius 3 is 3.18 bits per heavy atom. The molecule has 5 heteroatoms. The molecule has 1 atom stereocenters. The van der Waals surface area contributed by atoms with Gasteiger partial charge in [0.15, 0.2) is 0 Å². The van der Waals surface area contributed by atoms with E-state index in [2.05, 4.69) is 9.55 Å². The quantitative estimate of drug-likeness (QED) is 0.869. The maximum absolute atomic E-state index is 13.2. The molecule has 2 aromatic rings. The molecule has 1 amide bonds. The highest BCUT2D eigenvalue weighted by atomic mass is 19.1. The molecule has 0 spiro atoms. The fraction of sp³-hybridized carbons (Fsp3) is 0.412. The number of fused-ring (bicyclic) bond motifs is 1. The minimum atomic E-state index is -0.299. The standard InChI is InChI=1S/C17H20FN3O/c1-20(17(22)11-13-3-2-4-15(18)9-13)12-14-5-7-21-8-6-19-16(21)10-14/h2-4,6,8-9,14H,5,7,10-12H2,1H3/t14-/m1/s1. The summed E-state index contributed by atoms with van der Waals surface area (Å²) in [5.74, 6) is 1.27. The Balaban J connectivity index is 1.55. The van der Waals surface area contributed by atoms with Crippen molar-refractivity contribution in [2.45, 2.75) is 25.8 Å². The van der Waals surface area contributed by atoms with Gasteiger partial charge in [-0.2, -0.15) is 0 Å². The van der Waals surface area contributed by atoms with Crippen LogP contribution in [0.25, 0.3) is 0 Å². The molecule has 1 aromatic heterocycles. The van der Waals surface area contributed by atoms with Crippen LogP contribution in [0.3, 0.4) is 0 Å². The smallest absolute Gasteiger partial charge is 0.226 e. The van der Waals surface area contributed by atoms with E-state index in [1.165, 1.54) is 12.1 Å². The number of likely N-dealkylation sites (N-methyl/N-ethyl adjacent to an activating group) is 1. The average molecular weight is 301 g/mol. The second-order valence-electron chi connectivity index (χ2n) is 5.98. The Morgan fingerprint density at radius 1 is 1.50 bits per heavy atom. The van der Waals surface area contributed by atoms with Gasteiger partial charge in [0.2, 0.25) is 5.91 Å². The molecule has 22 heavy (non-hydrogen) atoms. The lowest BCUT2D eigenvalue weighted by Gasteiger charge is -2.28. The molecular formula is C17H20FN3O. The van der Waals surface area contributed by atoms with Crippen molar-refractivity contribution >= 4 is 5.91 Å². The highest BCUT2D eigenvalue weighted by molar-refractivity contribution is 5.78. The summed E-state index contributed by atoms with van der Waals surface area (Å²) in [5.41, 5.74) is 0.719. The van der Waals surface area contributed by atoms with Gasteiger partial charge in [0, 0.05) is 39.0 Å². The van der Waals surface area contributed by atoms with Crippen molar-refractivity contribution in [1.29, 1.82) is 0 Å². The number of aryl methyl sites for hydroxylation is 1. The van der Waals surface area contributed by atoms with E-state index < -0.39 is 0 Å². The maximum Gasteiger partial charge on any atom is 0.226 e. The molecule has 1 aliphatic rings. The van der Waals surface area contributed by atoms with E-state index in [1.807, 2.05) is 19.4 Å². The summed E-state index contributed by atoms with van der Waals surface area (Å²) in [6, 6.07) is 6.23. The topological polar surface area (TPSA) is 38.1 Å². The average Bonchev–Trinajstić information content (AvgIpc) is 2.94. The van der Waals surface area contributed by atoms with Crippen LogP contribution >= 0.6 is 0 Å². The van der Waals surface area contributed by atoms with Gasteiger partial charge in [-0.1, -0.05) is 12.1 Å². The number of aromatic nitrogens is 2. The number of amides is 1. The molecule has 0 saturated heterocycles. The molecule has 0 N–H and O–H groups in total. The van der Waals surface area contributed by atoms with E-state index in [0.717, 1.165) is 37.3 Å². The zero-order valence-corrected chi connectivity index (χ0v) is 12.7. The summed E-state index contributed by atoms with van der Waals surface area (Å²) in [5, 5.41) is 0. The van der Waals surface area contributed by atoms with Gasteiger partial charge in [-0.05, 0) is 30.0 Å². The molecule has 0 unspecified atom stereocenters. The largest absolute Gasteiger partial charge is 0.345 e. The number of benzene rings is 1. The first-order chi connectivity index (χ1) is 10.6. The lowest BCUT2D eigenvalue weighted by atomic mass is 9.97. The van der Waals surface area contributed by atoms with E-state index in [0.29, 0.717) is 5.92 Å². The fourth-order valence-electron chi connectivity index (χ4n) is 3.02. The summed E-state index contributed by atoms with van der Waals surface area (Å²) < 4.78 is 15.3. The number of hydrogen-bond donors (Lipinski definition) is 0. The van der Waals surface area contributed by atoms with Gasteiger partial charge in [-0.3, -0.25) is 4.79 Å². The summed E-state index contributed by atoms with van der Waals surface area (Å²) in [6.45, 7) is 1.69. The lowest BCUT2D eigenvalue weighted by molar-refractivity contribution is -0.129. The Hall–Kier alpha value is -2.17. The van der Waals surface area contributed by atoms with Gasteiger partial charge in [-0.15, -0.1) is 0 Å². The molecule has 3 rings (SSSR count). The van der Waals surface area contributed by atoms with Gasteiger partial charge < -0.3 is 9.47 Å². The SMILES string of the molecule is CN(C[C@@H]1CCn2ccnc2C1)C(=O)Cc1cccc(F)c1. The first kappa shape index (κ1) is 14.8. The zero-order chi connectivity index (χ0) is 15.5. The summed E-state index contributed by atoms with van der Waals surface area (Å²) in [4.78, 5) is 18.4. The Morgan fingerprint density at radius 2 is 2.36 bits per heavy atom. The normalized spacial score (nSPS) is 17.1. The highest BCUT2D eigenvalue weighted by Gasteiger charge is 2.22. The van der Waals surface area contributed by atoms with E-state index in [9.17, 15) is 9.18 Å². The molecule has 2 heterocycles. The zero-order valence-electron chi connectivity index (χ0n) is 12.7. The van der Waals surface area contributed by atoms with Crippen LogP contribution in [-0.2, 0) is 24.2 Å². The van der Waals surface area contributed by atoms with E-state index in [-0.39, 0.29) is 18.1 Å². The third-order valence-electron chi connectivity index (χ3n) is 4.25. The lowest BCUT2D eigenvalue weighted by Crippen LogP contribution is -2.35. The van der Waals surface area contributed by atoms with Crippen molar-refractivity contribution < 1.29 is 9.18 Å². The van der Waals surface area contributed by atoms with Gasteiger partial charge in [0.25, 0.3) is 0 Å². The van der Waals surface area contributed by atoms with Crippen LogP contribution in [0.1, 0.15) is 17.8 Å². The molecule has 116 valence electrons. The van der Waals surface area contributed by atoms with E-state index >= 15 is 0 Å². The monoisotopic (exact) mass is 301 g/mol. The molecule has 0 saturated carbocycles. The van der Waals surface area contributed by atoms with Gasteiger partial charge in [0.05, 0.1) is 6.42 Å². The number of rotatable bonds is 4.